The maximum Gasteiger partial charge on any atom is 0.387 e. The van der Waals surface area contributed by atoms with Gasteiger partial charge in [-0.15, -0.1) is 10.2 Å². The molecular formula is C21H24F2N6OS. The Morgan fingerprint density at radius 2 is 1.77 bits per heavy atom. The summed E-state index contributed by atoms with van der Waals surface area (Å²) in [5.74, 6) is 1.60. The molecule has 31 heavy (non-hydrogen) atoms. The molecule has 0 atom stereocenters. The topological polar surface area (TPSA) is 69.0 Å². The van der Waals surface area contributed by atoms with Crippen LogP contribution in [0, 0.1) is 13.8 Å². The van der Waals surface area contributed by atoms with Gasteiger partial charge in [-0.25, -0.2) is 9.97 Å². The number of halogens is 2. The van der Waals surface area contributed by atoms with E-state index in [0.717, 1.165) is 35.3 Å². The highest BCUT2D eigenvalue weighted by molar-refractivity contribution is 7.99. The first-order valence-corrected chi connectivity index (χ1v) is 11.0. The molecule has 0 bridgehead atoms. The quantitative estimate of drug-likeness (QED) is 0.498. The van der Waals surface area contributed by atoms with Crippen molar-refractivity contribution in [3.63, 3.8) is 0 Å². The molecule has 0 amide bonds. The zero-order valence-corrected chi connectivity index (χ0v) is 18.3. The number of piperidine rings is 1. The van der Waals surface area contributed by atoms with Crippen molar-refractivity contribution >= 4 is 11.8 Å². The third-order valence-electron chi connectivity index (χ3n) is 4.97. The van der Waals surface area contributed by atoms with Crippen LogP contribution in [0.25, 0.3) is 5.69 Å². The van der Waals surface area contributed by atoms with E-state index in [2.05, 4.69) is 29.8 Å². The lowest BCUT2D eigenvalue weighted by Crippen LogP contribution is -2.30. The van der Waals surface area contributed by atoms with Gasteiger partial charge < -0.3 is 4.74 Å². The summed E-state index contributed by atoms with van der Waals surface area (Å²) in [5, 5.41) is 10.3. The summed E-state index contributed by atoms with van der Waals surface area (Å²) in [6.07, 6.45) is 3.60. The summed E-state index contributed by atoms with van der Waals surface area (Å²) >= 11 is 1.40. The summed E-state index contributed by atoms with van der Waals surface area (Å²) < 4.78 is 31.5. The molecule has 1 aliphatic heterocycles. The maximum atomic E-state index is 12.5. The molecule has 0 N–H and O–H groups in total. The molecule has 1 aromatic carbocycles. The van der Waals surface area contributed by atoms with Gasteiger partial charge in [0.15, 0.2) is 5.82 Å². The van der Waals surface area contributed by atoms with Crippen LogP contribution in [0.15, 0.2) is 40.5 Å². The van der Waals surface area contributed by atoms with Gasteiger partial charge in [0.1, 0.15) is 16.6 Å². The lowest BCUT2D eigenvalue weighted by molar-refractivity contribution is -0.0498. The van der Waals surface area contributed by atoms with Gasteiger partial charge in [0.25, 0.3) is 0 Å². The summed E-state index contributed by atoms with van der Waals surface area (Å²) in [6, 6.07) is 8.43. The summed E-state index contributed by atoms with van der Waals surface area (Å²) in [4.78, 5) is 11.2. The second-order valence-corrected chi connectivity index (χ2v) is 8.43. The Kier molecular flexibility index (Phi) is 6.77. The second-order valence-electron chi connectivity index (χ2n) is 7.44. The number of aromatic nitrogens is 5. The van der Waals surface area contributed by atoms with Crippen LogP contribution < -0.4 is 4.74 Å². The molecule has 0 radical (unpaired) electrons. The van der Waals surface area contributed by atoms with E-state index in [1.54, 1.807) is 12.1 Å². The van der Waals surface area contributed by atoms with E-state index >= 15 is 0 Å². The minimum absolute atomic E-state index is 0.112. The standard InChI is InChI=1S/C21H24F2N6OS/c1-14-12-19(25-15(2)24-14)31-21-27-26-18(13-28-10-4-3-5-11-28)29(21)16-6-8-17(9-7-16)30-20(22)23/h6-9,12,20H,3-5,10-11,13H2,1-2H3. The van der Waals surface area contributed by atoms with Crippen molar-refractivity contribution in [2.24, 2.45) is 0 Å². The largest absolute Gasteiger partial charge is 0.435 e. The normalized spacial score (nSPS) is 14.9. The van der Waals surface area contributed by atoms with Gasteiger partial charge in [-0.05, 0) is 81.9 Å². The molecule has 1 saturated heterocycles. The molecule has 4 rings (SSSR count). The molecule has 1 aliphatic rings. The Morgan fingerprint density at radius 1 is 1.03 bits per heavy atom. The monoisotopic (exact) mass is 446 g/mol. The number of rotatable bonds is 7. The molecular weight excluding hydrogens is 422 g/mol. The van der Waals surface area contributed by atoms with Crippen LogP contribution in [0.2, 0.25) is 0 Å². The minimum atomic E-state index is -2.86. The van der Waals surface area contributed by atoms with E-state index in [4.69, 9.17) is 0 Å². The molecule has 0 spiro atoms. The van der Waals surface area contributed by atoms with Crippen LogP contribution in [-0.2, 0) is 6.54 Å². The molecule has 3 aromatic rings. The van der Waals surface area contributed by atoms with Crippen LogP contribution in [0.1, 0.15) is 36.6 Å². The number of likely N-dealkylation sites (tertiary alicyclic amines) is 1. The van der Waals surface area contributed by atoms with Crippen LogP contribution >= 0.6 is 11.8 Å². The smallest absolute Gasteiger partial charge is 0.387 e. The van der Waals surface area contributed by atoms with Crippen LogP contribution in [0.3, 0.4) is 0 Å². The first-order valence-electron chi connectivity index (χ1n) is 10.2. The maximum absolute atomic E-state index is 12.5. The highest BCUT2D eigenvalue weighted by atomic mass is 32.2. The van der Waals surface area contributed by atoms with Crippen molar-refractivity contribution in [1.82, 2.24) is 29.6 Å². The molecule has 0 aliphatic carbocycles. The van der Waals surface area contributed by atoms with Crippen molar-refractivity contribution in [2.75, 3.05) is 13.1 Å². The van der Waals surface area contributed by atoms with E-state index in [1.807, 2.05) is 24.5 Å². The lowest BCUT2D eigenvalue weighted by atomic mass is 10.1. The third kappa shape index (κ3) is 5.56. The zero-order valence-electron chi connectivity index (χ0n) is 17.5. The Bertz CT molecular complexity index is 1000. The number of benzene rings is 1. The van der Waals surface area contributed by atoms with Gasteiger partial charge in [-0.1, -0.05) is 6.42 Å². The summed E-state index contributed by atoms with van der Waals surface area (Å²) in [7, 11) is 0. The van der Waals surface area contributed by atoms with E-state index in [9.17, 15) is 8.78 Å². The van der Waals surface area contributed by atoms with Crippen molar-refractivity contribution in [3.05, 3.63) is 47.7 Å². The molecule has 1 fully saturated rings. The van der Waals surface area contributed by atoms with E-state index in [1.165, 1.54) is 43.2 Å². The molecule has 0 saturated carbocycles. The molecule has 164 valence electrons. The average Bonchev–Trinajstić information content (AvgIpc) is 3.10. The fourth-order valence-corrected chi connectivity index (χ4v) is 4.63. The average molecular weight is 447 g/mol. The van der Waals surface area contributed by atoms with Crippen molar-refractivity contribution in [1.29, 1.82) is 0 Å². The van der Waals surface area contributed by atoms with Crippen LogP contribution in [-0.4, -0.2) is 49.3 Å². The van der Waals surface area contributed by atoms with E-state index in [0.29, 0.717) is 17.5 Å². The van der Waals surface area contributed by atoms with E-state index in [-0.39, 0.29) is 5.75 Å². The molecule has 3 heterocycles. The Morgan fingerprint density at radius 3 is 2.45 bits per heavy atom. The number of hydrogen-bond donors (Lipinski definition) is 0. The SMILES string of the molecule is Cc1cc(Sc2nnc(CN3CCCCC3)n2-c2ccc(OC(F)F)cc2)nc(C)n1. The van der Waals surface area contributed by atoms with Gasteiger partial charge in [0, 0.05) is 11.4 Å². The van der Waals surface area contributed by atoms with Gasteiger partial charge in [-0.2, -0.15) is 8.78 Å². The Balaban J connectivity index is 1.67. The molecule has 2 aromatic heterocycles. The zero-order chi connectivity index (χ0) is 21.8. The molecule has 7 nitrogen and oxygen atoms in total. The Hall–Kier alpha value is -2.59. The van der Waals surface area contributed by atoms with Gasteiger partial charge in [0.05, 0.1) is 6.54 Å². The van der Waals surface area contributed by atoms with Crippen LogP contribution in [0.5, 0.6) is 5.75 Å². The van der Waals surface area contributed by atoms with Crippen molar-refractivity contribution in [2.45, 2.75) is 56.4 Å². The van der Waals surface area contributed by atoms with Gasteiger partial charge >= 0.3 is 6.61 Å². The van der Waals surface area contributed by atoms with Crippen molar-refractivity contribution < 1.29 is 13.5 Å². The third-order valence-corrected chi connectivity index (χ3v) is 5.84. The number of aryl methyl sites for hydroxylation is 2. The summed E-state index contributed by atoms with van der Waals surface area (Å²) in [6.45, 7) is 3.65. The highest BCUT2D eigenvalue weighted by Crippen LogP contribution is 2.30. The predicted octanol–water partition coefficient (Wildman–Crippen LogP) is 4.41. The second kappa shape index (κ2) is 9.69. The molecule has 0 unspecified atom stereocenters. The number of alkyl halides is 2. The van der Waals surface area contributed by atoms with E-state index < -0.39 is 6.61 Å². The van der Waals surface area contributed by atoms with Crippen molar-refractivity contribution in [3.8, 4) is 11.4 Å². The minimum Gasteiger partial charge on any atom is -0.435 e. The fraction of sp³-hybridized carbons (Fsp3) is 0.429. The first kappa shape index (κ1) is 21.6. The van der Waals surface area contributed by atoms with Gasteiger partial charge in [-0.3, -0.25) is 9.47 Å². The lowest BCUT2D eigenvalue weighted by Gasteiger charge is -2.26. The highest BCUT2D eigenvalue weighted by Gasteiger charge is 2.20. The first-order chi connectivity index (χ1) is 15.0. The number of nitrogens with zero attached hydrogens (tertiary/aromatic N) is 6. The van der Waals surface area contributed by atoms with Gasteiger partial charge in [0.2, 0.25) is 5.16 Å². The number of ether oxygens (including phenoxy) is 1. The number of hydrogen-bond acceptors (Lipinski definition) is 7. The molecule has 10 heteroatoms. The summed E-state index contributed by atoms with van der Waals surface area (Å²) in [5.41, 5.74) is 1.66. The van der Waals surface area contributed by atoms with Crippen LogP contribution in [0.4, 0.5) is 8.78 Å². The Labute approximate surface area is 183 Å². The fourth-order valence-electron chi connectivity index (χ4n) is 3.65. The predicted molar refractivity (Wildman–Crippen MR) is 113 cm³/mol.